The highest BCUT2D eigenvalue weighted by molar-refractivity contribution is 5.59. The van der Waals surface area contributed by atoms with Gasteiger partial charge in [-0.15, -0.1) is 0 Å². The zero-order chi connectivity index (χ0) is 12.6. The summed E-state index contributed by atoms with van der Waals surface area (Å²) < 4.78 is 5.28. The molecule has 4 heteroatoms. The molecule has 0 aromatic carbocycles. The van der Waals surface area contributed by atoms with E-state index in [9.17, 15) is 0 Å². The maximum absolute atomic E-state index is 5.28. The Kier molecular flexibility index (Phi) is 10.5. The van der Waals surface area contributed by atoms with E-state index in [-0.39, 0.29) is 7.58 Å². The molecule has 0 aliphatic heterocycles. The average Bonchev–Trinajstić information content (AvgIpc) is 2.34. The highest BCUT2D eigenvalue weighted by Crippen LogP contribution is 2.28. The van der Waals surface area contributed by atoms with Crippen LogP contribution in [0.1, 0.15) is 40.4 Å². The molecule has 0 atom stereocenters. The van der Waals surface area contributed by atoms with Gasteiger partial charge in [-0.1, -0.05) is 20.8 Å². The SMILES string of the molecule is CC.CCNc1c(C)ncc(OC)c1CC.N.[HH]. The first kappa shape index (κ1) is 18.1. The van der Waals surface area contributed by atoms with Gasteiger partial charge in [0.25, 0.3) is 0 Å². The van der Waals surface area contributed by atoms with E-state index in [0.717, 1.165) is 30.1 Å². The molecule has 1 aromatic rings. The molecule has 4 N–H and O–H groups in total. The van der Waals surface area contributed by atoms with Gasteiger partial charge in [-0.05, 0) is 20.3 Å². The first-order valence-electron chi connectivity index (χ1n) is 6.00. The number of nitrogens with zero attached hydrogens (tertiary/aromatic N) is 1. The number of aryl methyl sites for hydroxylation is 1. The van der Waals surface area contributed by atoms with E-state index in [0.29, 0.717) is 0 Å². The van der Waals surface area contributed by atoms with Crippen LogP contribution in [0.3, 0.4) is 0 Å². The molecule has 0 saturated carbocycles. The molecule has 17 heavy (non-hydrogen) atoms. The van der Waals surface area contributed by atoms with Crippen molar-refractivity contribution in [2.75, 3.05) is 19.0 Å². The Morgan fingerprint density at radius 2 is 1.94 bits per heavy atom. The Morgan fingerprint density at radius 3 is 2.35 bits per heavy atom. The van der Waals surface area contributed by atoms with Gasteiger partial charge in [0.1, 0.15) is 5.75 Å². The van der Waals surface area contributed by atoms with Crippen molar-refractivity contribution in [2.24, 2.45) is 0 Å². The molecule has 1 rings (SSSR count). The predicted octanol–water partition coefficient (Wildman–Crippen LogP) is 3.83. The van der Waals surface area contributed by atoms with Gasteiger partial charge in [-0.3, -0.25) is 4.98 Å². The summed E-state index contributed by atoms with van der Waals surface area (Å²) in [6, 6.07) is 0. The lowest BCUT2D eigenvalue weighted by Gasteiger charge is -2.15. The van der Waals surface area contributed by atoms with Gasteiger partial charge < -0.3 is 16.2 Å². The Bertz CT molecular complexity index is 319. The summed E-state index contributed by atoms with van der Waals surface area (Å²) in [6.45, 7) is 11.1. The Morgan fingerprint density at radius 1 is 1.35 bits per heavy atom. The molecular formula is C13H29N3O. The van der Waals surface area contributed by atoms with Crippen LogP contribution in [0, 0.1) is 6.92 Å². The lowest BCUT2D eigenvalue weighted by Crippen LogP contribution is -2.05. The Hall–Kier alpha value is -1.29. The molecular weight excluding hydrogens is 214 g/mol. The van der Waals surface area contributed by atoms with Crippen molar-refractivity contribution in [2.45, 2.75) is 41.0 Å². The lowest BCUT2D eigenvalue weighted by molar-refractivity contribution is 0.408. The van der Waals surface area contributed by atoms with E-state index in [1.807, 2.05) is 20.8 Å². The zero-order valence-electron chi connectivity index (χ0n) is 12.1. The topological polar surface area (TPSA) is 69.2 Å². The minimum Gasteiger partial charge on any atom is -0.495 e. The predicted molar refractivity (Wildman–Crippen MR) is 77.6 cm³/mol. The van der Waals surface area contributed by atoms with Crippen molar-refractivity contribution in [3.8, 4) is 5.75 Å². The quantitative estimate of drug-likeness (QED) is 0.843. The van der Waals surface area contributed by atoms with Crippen molar-refractivity contribution < 1.29 is 6.16 Å². The van der Waals surface area contributed by atoms with E-state index in [1.54, 1.807) is 13.3 Å². The van der Waals surface area contributed by atoms with Crippen LogP contribution in [-0.4, -0.2) is 18.6 Å². The number of nitrogens with one attached hydrogen (secondary N) is 1. The second kappa shape index (κ2) is 9.90. The largest absolute Gasteiger partial charge is 0.495 e. The summed E-state index contributed by atoms with van der Waals surface area (Å²) in [5, 5.41) is 3.33. The van der Waals surface area contributed by atoms with Crippen molar-refractivity contribution in [1.29, 1.82) is 0 Å². The van der Waals surface area contributed by atoms with Crippen LogP contribution >= 0.6 is 0 Å². The Balaban J connectivity index is -0.000000534. The number of anilines is 1. The highest BCUT2D eigenvalue weighted by Gasteiger charge is 2.10. The number of ether oxygens (including phenoxy) is 1. The van der Waals surface area contributed by atoms with Gasteiger partial charge in [0.2, 0.25) is 0 Å². The van der Waals surface area contributed by atoms with Crippen LogP contribution in [0.25, 0.3) is 0 Å². The minimum atomic E-state index is 0. The third kappa shape index (κ3) is 4.61. The summed E-state index contributed by atoms with van der Waals surface area (Å²) in [6.07, 6.45) is 2.74. The molecule has 0 spiro atoms. The molecule has 0 aliphatic carbocycles. The second-order valence-corrected chi connectivity index (χ2v) is 3.15. The van der Waals surface area contributed by atoms with Crippen molar-refractivity contribution in [3.63, 3.8) is 0 Å². The third-order valence-corrected chi connectivity index (χ3v) is 2.26. The van der Waals surface area contributed by atoms with Gasteiger partial charge in [0.05, 0.1) is 24.7 Å². The van der Waals surface area contributed by atoms with Gasteiger partial charge >= 0.3 is 0 Å². The second-order valence-electron chi connectivity index (χ2n) is 3.15. The number of methoxy groups -OCH3 is 1. The summed E-state index contributed by atoms with van der Waals surface area (Å²) in [5.74, 6) is 0.869. The smallest absolute Gasteiger partial charge is 0.142 e. The van der Waals surface area contributed by atoms with Crippen LogP contribution in [0.5, 0.6) is 5.75 Å². The first-order chi connectivity index (χ1) is 7.74. The van der Waals surface area contributed by atoms with E-state index in [2.05, 4.69) is 24.1 Å². The van der Waals surface area contributed by atoms with Crippen LogP contribution in [-0.2, 0) is 6.42 Å². The maximum atomic E-state index is 5.28. The highest BCUT2D eigenvalue weighted by atomic mass is 16.5. The molecule has 1 aromatic heterocycles. The van der Waals surface area contributed by atoms with E-state index >= 15 is 0 Å². The van der Waals surface area contributed by atoms with E-state index in [1.165, 1.54) is 5.56 Å². The zero-order valence-corrected chi connectivity index (χ0v) is 12.1. The fourth-order valence-corrected chi connectivity index (χ4v) is 1.58. The normalized spacial score (nSPS) is 8.59. The average molecular weight is 243 g/mol. The van der Waals surface area contributed by atoms with Gasteiger partial charge in [-0.25, -0.2) is 0 Å². The molecule has 0 unspecified atom stereocenters. The molecule has 0 radical (unpaired) electrons. The number of hydrogen-bond acceptors (Lipinski definition) is 4. The standard InChI is InChI=1S/C11H18N2O.C2H6.H3N.H2/c1-5-9-10(14-4)7-13-8(3)11(9)12-6-2;1-2;;/h7,12H,5-6H2,1-4H3;1-2H3;1H3;1H. The summed E-state index contributed by atoms with van der Waals surface area (Å²) in [5.41, 5.74) is 3.36. The van der Waals surface area contributed by atoms with Crippen molar-refractivity contribution in [1.82, 2.24) is 11.1 Å². The fraction of sp³-hybridized carbons (Fsp3) is 0.615. The molecule has 1 heterocycles. The number of rotatable bonds is 4. The van der Waals surface area contributed by atoms with Crippen LogP contribution in [0.15, 0.2) is 6.20 Å². The maximum Gasteiger partial charge on any atom is 0.142 e. The van der Waals surface area contributed by atoms with Gasteiger partial charge in [-0.2, -0.15) is 0 Å². The minimum absolute atomic E-state index is 0. The lowest BCUT2D eigenvalue weighted by atomic mass is 10.1. The number of aromatic nitrogens is 1. The fourth-order valence-electron chi connectivity index (χ4n) is 1.58. The van der Waals surface area contributed by atoms with Crippen molar-refractivity contribution in [3.05, 3.63) is 17.5 Å². The molecule has 0 aliphatic rings. The summed E-state index contributed by atoms with van der Waals surface area (Å²) in [4.78, 5) is 4.29. The third-order valence-electron chi connectivity index (χ3n) is 2.26. The Labute approximate surface area is 107 Å². The monoisotopic (exact) mass is 243 g/mol. The summed E-state index contributed by atoms with van der Waals surface area (Å²) >= 11 is 0. The molecule has 0 bridgehead atoms. The molecule has 102 valence electrons. The molecule has 4 nitrogen and oxygen atoms in total. The van der Waals surface area contributed by atoms with E-state index in [4.69, 9.17) is 4.74 Å². The molecule has 0 saturated heterocycles. The molecule has 0 amide bonds. The van der Waals surface area contributed by atoms with E-state index < -0.39 is 0 Å². The molecule has 0 fully saturated rings. The first-order valence-corrected chi connectivity index (χ1v) is 6.00. The van der Waals surface area contributed by atoms with Crippen LogP contribution < -0.4 is 16.2 Å². The number of pyridine rings is 1. The van der Waals surface area contributed by atoms with Crippen LogP contribution in [0.2, 0.25) is 0 Å². The van der Waals surface area contributed by atoms with Crippen LogP contribution in [0.4, 0.5) is 5.69 Å². The van der Waals surface area contributed by atoms with Gasteiger partial charge in [0, 0.05) is 13.5 Å². The van der Waals surface area contributed by atoms with Gasteiger partial charge in [0.15, 0.2) is 0 Å². The number of hydrogen-bond donors (Lipinski definition) is 2. The van der Waals surface area contributed by atoms with Crippen molar-refractivity contribution >= 4 is 5.69 Å². The summed E-state index contributed by atoms with van der Waals surface area (Å²) in [7, 11) is 1.68.